The fraction of sp³-hybridized carbons (Fsp3) is 0.286. The van der Waals surface area contributed by atoms with Crippen LogP contribution in [0, 0.1) is 12.7 Å². The average Bonchev–Trinajstić information content (AvgIpc) is 1.57. The number of pyridine rings is 4. The van der Waals surface area contributed by atoms with Crippen LogP contribution in [0.5, 0.6) is 0 Å². The number of hydrogen-bond acceptors (Lipinski definition) is 22. The van der Waals surface area contributed by atoms with Gasteiger partial charge >= 0.3 is 0 Å². The highest BCUT2D eigenvalue weighted by molar-refractivity contribution is 9.10. The number of ketones is 5. The van der Waals surface area contributed by atoms with Crippen LogP contribution in [0.25, 0.3) is 28.4 Å². The molecule has 2 fully saturated rings. The van der Waals surface area contributed by atoms with E-state index in [2.05, 4.69) is 82.7 Å². The highest BCUT2D eigenvalue weighted by Gasteiger charge is 2.41. The van der Waals surface area contributed by atoms with Crippen LogP contribution in [0.3, 0.4) is 0 Å². The standard InChI is InChI=1S/C24H21ClFN3O.C24H23ClN4O.C22H21ClN4O2.C21H17BrF2N4O.C21H20ClN5O2/c1-14(30)6-10-20-24-27-13-22(15-7-8-15)29(24)21-11-9-16(25)12-18(21)23(28-20)17-4-2-3-5-19(17)26;1-14(30)6-10-20-24-27-15(2)23(16-7-8-16)29(24)21-11-9-17(25)13-18(21)22(28-20)19-5-3-4-12-26-19;1-14(28)6-8-19-22-25-12-16(13-29-2)27(22)20-9-7-15(23)11-17(20)21(26-19)18-5-3-4-10-24-18;1-12(29)5-7-16-21-26-11-18(20(23)24)28(21)17-8-6-13(22)10-14(17)19(27-16)15-4-2-3-9-25-15;1-13(28)6-8-17-21-26-25-19(12-29-2)27(21)18-9-7-14(22)11-15(18)20(24-17)16-5-3-4-10-23-16/h2-5,9,11-13,15,20H,6-8,10H2,1H3;3-5,9,11-13,16,20H,6-8,10H2,1-2H3;3-5,7,9-12,19H,6,8,13H2,1-2H3;2-4,6,8-11,16,20H,5,7H2,1H3;3-5,7,9-11,17H,6,8,12H2,1-2H3/t2*20-;19-;16-;17-/m00000/s1. The van der Waals surface area contributed by atoms with Crippen molar-refractivity contribution in [2.75, 3.05) is 14.2 Å². The number of aromatic nitrogens is 15. The summed E-state index contributed by atoms with van der Waals surface area (Å²) >= 11 is 28.9. The molecule has 0 bridgehead atoms. The number of aryl methyl sites for hydroxylation is 1. The summed E-state index contributed by atoms with van der Waals surface area (Å²) in [4.78, 5) is 120. The van der Waals surface area contributed by atoms with Crippen molar-refractivity contribution in [1.29, 1.82) is 0 Å². The van der Waals surface area contributed by atoms with Crippen molar-refractivity contribution in [2.45, 2.75) is 193 Å². The summed E-state index contributed by atoms with van der Waals surface area (Å²) in [5.41, 5.74) is 19.3. The second-order valence-corrected chi connectivity index (χ2v) is 39.5. The number of carbonyl (C=O) groups is 5. The van der Waals surface area contributed by atoms with E-state index in [1.54, 1.807) is 109 Å². The lowest BCUT2D eigenvalue weighted by atomic mass is 9.99. The van der Waals surface area contributed by atoms with Crippen molar-refractivity contribution in [2.24, 2.45) is 25.0 Å². The minimum Gasteiger partial charge on any atom is -0.378 e. The smallest absolute Gasteiger partial charge is 0.280 e. The molecular weight excluding hydrogens is 2020 g/mol. The fourth-order valence-electron chi connectivity index (χ4n) is 18.9. The first-order valence-corrected chi connectivity index (χ1v) is 50.8. The van der Waals surface area contributed by atoms with Gasteiger partial charge in [0.05, 0.1) is 110 Å². The van der Waals surface area contributed by atoms with Crippen molar-refractivity contribution in [3.63, 3.8) is 0 Å². The van der Waals surface area contributed by atoms with Gasteiger partial charge in [0.15, 0.2) is 11.6 Å². The number of aliphatic imine (C=N–C) groups is 5. The summed E-state index contributed by atoms with van der Waals surface area (Å²) in [6, 6.07) is 55.9. The number of hydrogen-bond donors (Lipinski definition) is 0. The summed E-state index contributed by atoms with van der Waals surface area (Å²) < 4.78 is 63.8. The van der Waals surface area contributed by atoms with Crippen molar-refractivity contribution in [1.82, 2.24) is 72.9 Å². The molecule has 22 rings (SSSR count). The number of rotatable bonds is 27. The van der Waals surface area contributed by atoms with Crippen LogP contribution in [0.4, 0.5) is 13.2 Å². The van der Waals surface area contributed by atoms with Crippen molar-refractivity contribution < 1.29 is 46.6 Å². The first-order chi connectivity index (χ1) is 71.2. The van der Waals surface area contributed by atoms with Gasteiger partial charge in [-0.1, -0.05) is 98.7 Å². The number of fused-ring (bicyclic) bond motifs is 15. The van der Waals surface area contributed by atoms with Crippen LogP contribution in [0.2, 0.25) is 20.1 Å². The van der Waals surface area contributed by atoms with Crippen molar-refractivity contribution >= 4 is 120 Å². The average molecular weight is 2120 g/mol. The second-order valence-electron chi connectivity index (χ2n) is 36.8. The molecular formula is C112H102BrCl4F3N20O7. The lowest BCUT2D eigenvalue weighted by molar-refractivity contribution is -0.118. The highest BCUT2D eigenvalue weighted by atomic mass is 79.9. The maximum Gasteiger partial charge on any atom is 0.280 e. The molecule has 0 saturated heterocycles. The molecule has 14 heterocycles. The van der Waals surface area contributed by atoms with Gasteiger partial charge in [-0.15, -0.1) is 10.2 Å². The number of Topliss-reactive ketones (excluding diaryl/α,β-unsaturated/α-hetero) is 5. The predicted octanol–water partition coefficient (Wildman–Crippen LogP) is 24.5. The Bertz CT molecular complexity index is 7500. The molecule has 5 aliphatic heterocycles. The molecule has 2 saturated carbocycles. The molecule has 2 aliphatic carbocycles. The van der Waals surface area contributed by atoms with E-state index in [-0.39, 0.29) is 71.0 Å². The molecule has 0 radical (unpaired) electrons. The first kappa shape index (κ1) is 103. The van der Waals surface area contributed by atoms with Crippen LogP contribution in [-0.2, 0) is 46.7 Å². The SMILES string of the molecule is CC(=O)CC[C@@H]1N=C(c2ccccc2F)c2cc(Cl)ccc2-n2c(C3CC3)cnc21.CC(=O)CC[C@@H]1N=C(c2ccccn2)c2cc(Br)ccc2-n2c(C(F)F)cnc21.CC(=O)CC[C@@H]1N=C(c2ccccn2)c2cc(Cl)ccc2-n2c1nc(C)c2C1CC1.COCc1cnc2n1-c1ccc(Cl)cc1C(c1ccccn1)=N[C@H]2CCC(C)=O.COCc1nnc2n1-c1ccc(Cl)cc1C(c1ccccn1)=N[C@H]2CCC(C)=O. The molecule has 35 heteroatoms. The van der Waals surface area contributed by atoms with Crippen LogP contribution >= 0.6 is 62.3 Å². The Labute approximate surface area is 875 Å². The number of carbonyl (C=O) groups excluding carboxylic acids is 5. The highest BCUT2D eigenvalue weighted by Crippen LogP contribution is 2.49. The van der Waals surface area contributed by atoms with Crippen LogP contribution < -0.4 is 0 Å². The molecule has 15 aromatic rings. The van der Waals surface area contributed by atoms with Crippen molar-refractivity contribution in [3.8, 4) is 28.4 Å². The van der Waals surface area contributed by atoms with E-state index < -0.39 is 12.5 Å². The van der Waals surface area contributed by atoms with E-state index in [0.29, 0.717) is 160 Å². The molecule has 0 spiro atoms. The molecule has 0 amide bonds. The lowest BCUT2D eigenvalue weighted by Crippen LogP contribution is -2.11. The van der Waals surface area contributed by atoms with Gasteiger partial charge in [-0.2, -0.15) is 0 Å². The van der Waals surface area contributed by atoms with E-state index in [4.69, 9.17) is 90.8 Å². The molecule has 6 aromatic carbocycles. The number of alkyl halides is 2. The summed E-state index contributed by atoms with van der Waals surface area (Å²) in [6.45, 7) is 10.7. The third kappa shape index (κ3) is 23.0. The molecule has 27 nitrogen and oxygen atoms in total. The van der Waals surface area contributed by atoms with Gasteiger partial charge in [0, 0.05) is 158 Å². The van der Waals surface area contributed by atoms with E-state index in [9.17, 15) is 37.1 Å². The van der Waals surface area contributed by atoms with Gasteiger partial charge in [-0.05, 0) is 251 Å². The van der Waals surface area contributed by atoms with Gasteiger partial charge in [0.1, 0.15) is 101 Å². The van der Waals surface area contributed by atoms with E-state index in [1.165, 1.54) is 42.3 Å². The van der Waals surface area contributed by atoms with E-state index in [0.717, 1.165) is 125 Å². The van der Waals surface area contributed by atoms with E-state index >= 15 is 0 Å². The Morgan fingerprint density at radius 1 is 0.381 bits per heavy atom. The van der Waals surface area contributed by atoms with Crippen LogP contribution in [0.1, 0.15) is 293 Å². The molecule has 147 heavy (non-hydrogen) atoms. The lowest BCUT2D eigenvalue weighted by Gasteiger charge is -2.15. The minimum absolute atomic E-state index is 0.0104. The Hall–Kier alpha value is -14.1. The molecule has 5 atom stereocenters. The number of methoxy groups -OCH3 is 2. The zero-order valence-corrected chi connectivity index (χ0v) is 86.3. The Kier molecular flexibility index (Phi) is 32.2. The maximum atomic E-state index is 14.8. The zero-order chi connectivity index (χ0) is 103. The Balaban J connectivity index is 0.000000120. The normalized spacial score (nSPS) is 16.3. The minimum atomic E-state index is -2.70. The van der Waals surface area contributed by atoms with Gasteiger partial charge in [0.25, 0.3) is 6.43 Å². The first-order valence-electron chi connectivity index (χ1n) is 48.5. The largest absolute Gasteiger partial charge is 0.378 e. The number of imidazole rings is 4. The summed E-state index contributed by atoms with van der Waals surface area (Å²) in [5.74, 6) is 5.39. The molecule has 0 unspecified atom stereocenters. The molecule has 0 N–H and O–H groups in total. The third-order valence-electron chi connectivity index (χ3n) is 25.9. The van der Waals surface area contributed by atoms with E-state index in [1.807, 2.05) is 150 Å². The van der Waals surface area contributed by atoms with Gasteiger partial charge < -0.3 is 33.4 Å². The Morgan fingerprint density at radius 3 is 1.18 bits per heavy atom. The number of nitrogens with zero attached hydrogens (tertiary/aromatic N) is 20. The van der Waals surface area contributed by atoms with Crippen molar-refractivity contribution in [3.05, 3.63) is 381 Å². The molecule has 9 aromatic heterocycles. The number of benzene rings is 6. The topological polar surface area (TPSA) is 319 Å². The molecule has 7 aliphatic rings. The zero-order valence-electron chi connectivity index (χ0n) is 81.7. The summed E-state index contributed by atoms with van der Waals surface area (Å²) in [7, 11) is 3.27. The monoisotopic (exact) mass is 2110 g/mol. The third-order valence-corrected chi connectivity index (χ3v) is 27.4. The second kappa shape index (κ2) is 45.9. The van der Waals surface area contributed by atoms with Gasteiger partial charge in [0.2, 0.25) is 0 Å². The fourth-order valence-corrected chi connectivity index (χ4v) is 19.9. The summed E-state index contributed by atoms with van der Waals surface area (Å²) in [6.07, 6.45) is 18.3. The van der Waals surface area contributed by atoms with Gasteiger partial charge in [-0.25, -0.2) is 33.1 Å². The number of ether oxygens (including phenoxy) is 2. The van der Waals surface area contributed by atoms with Gasteiger partial charge in [-0.3, -0.25) is 67.7 Å². The number of halogens is 8. The summed E-state index contributed by atoms with van der Waals surface area (Å²) in [5, 5.41) is 11.1. The van der Waals surface area contributed by atoms with Crippen LogP contribution in [0.15, 0.2) is 261 Å². The van der Waals surface area contributed by atoms with Crippen LogP contribution in [-0.4, -0.2) is 145 Å². The Morgan fingerprint density at radius 2 is 0.748 bits per heavy atom. The predicted molar refractivity (Wildman–Crippen MR) is 563 cm³/mol. The quantitative estimate of drug-likeness (QED) is 0.0462. The molecule has 748 valence electrons. The maximum absolute atomic E-state index is 14.8.